The fourth-order valence-corrected chi connectivity index (χ4v) is 4.49. The molecular formula is C26H30N4O3S. The highest BCUT2D eigenvalue weighted by Gasteiger charge is 2.35. The Labute approximate surface area is 204 Å². The van der Waals surface area contributed by atoms with E-state index in [9.17, 15) is 4.79 Å². The van der Waals surface area contributed by atoms with E-state index in [2.05, 4.69) is 36.5 Å². The maximum Gasteiger partial charge on any atom is 0.322 e. The van der Waals surface area contributed by atoms with Gasteiger partial charge in [0.15, 0.2) is 0 Å². The molecule has 1 atom stereocenters. The van der Waals surface area contributed by atoms with Crippen LogP contribution in [-0.2, 0) is 4.74 Å². The van der Waals surface area contributed by atoms with Crippen LogP contribution in [0.3, 0.4) is 0 Å². The third-order valence-electron chi connectivity index (χ3n) is 6.20. The summed E-state index contributed by atoms with van der Waals surface area (Å²) in [6.07, 6.45) is 2.76. The molecule has 0 fully saturated rings. The van der Waals surface area contributed by atoms with Gasteiger partial charge in [-0.25, -0.2) is 4.79 Å². The molecule has 1 unspecified atom stereocenters. The zero-order valence-corrected chi connectivity index (χ0v) is 21.0. The number of allylic oxidation sites excluding steroid dienone is 1. The largest absolute Gasteiger partial charge is 0.385 e. The molecule has 4 rings (SSSR count). The lowest BCUT2D eigenvalue weighted by Gasteiger charge is -2.35. The number of amides is 2. The van der Waals surface area contributed by atoms with Gasteiger partial charge in [-0.15, -0.1) is 11.8 Å². The van der Waals surface area contributed by atoms with Gasteiger partial charge in [0.1, 0.15) is 0 Å². The lowest BCUT2D eigenvalue weighted by molar-refractivity contribution is 0.174. The molecular weight excluding hydrogens is 448 g/mol. The lowest BCUT2D eigenvalue weighted by atomic mass is 9.92. The fraction of sp³-hybridized carbons (Fsp3) is 0.346. The average molecular weight is 479 g/mol. The van der Waals surface area contributed by atoms with Crippen molar-refractivity contribution in [1.82, 2.24) is 20.4 Å². The number of hydrogen-bond donors (Lipinski definition) is 1. The second kappa shape index (κ2) is 10.4. The van der Waals surface area contributed by atoms with E-state index in [-0.39, 0.29) is 6.03 Å². The van der Waals surface area contributed by atoms with Gasteiger partial charge in [-0.3, -0.25) is 4.90 Å². The van der Waals surface area contributed by atoms with E-state index in [0.717, 1.165) is 34.4 Å². The van der Waals surface area contributed by atoms with Gasteiger partial charge >= 0.3 is 6.03 Å². The van der Waals surface area contributed by atoms with Crippen molar-refractivity contribution in [3.8, 4) is 11.4 Å². The number of rotatable bonds is 8. The minimum absolute atomic E-state index is 0.145. The fourth-order valence-electron chi connectivity index (χ4n) is 4.08. The Morgan fingerprint density at radius 1 is 1.12 bits per heavy atom. The van der Waals surface area contributed by atoms with Crippen molar-refractivity contribution in [2.24, 2.45) is 0 Å². The summed E-state index contributed by atoms with van der Waals surface area (Å²) in [5, 5.41) is 7.41. The van der Waals surface area contributed by atoms with Crippen LogP contribution in [0.4, 0.5) is 4.79 Å². The van der Waals surface area contributed by atoms with Crippen LogP contribution < -0.4 is 5.32 Å². The van der Waals surface area contributed by atoms with E-state index in [1.54, 1.807) is 23.8 Å². The second-order valence-corrected chi connectivity index (χ2v) is 9.25. The molecule has 0 radical (unpaired) electrons. The number of nitrogens with zero attached hydrogens (tertiary/aromatic N) is 3. The Morgan fingerprint density at radius 2 is 1.88 bits per heavy atom. The average Bonchev–Trinajstić information content (AvgIpc) is 3.32. The molecule has 2 heterocycles. The van der Waals surface area contributed by atoms with Crippen LogP contribution in [0, 0.1) is 13.8 Å². The normalized spacial score (nSPS) is 16.2. The van der Waals surface area contributed by atoms with Crippen molar-refractivity contribution >= 4 is 23.4 Å². The van der Waals surface area contributed by atoms with E-state index in [0.29, 0.717) is 24.9 Å². The van der Waals surface area contributed by atoms with Crippen molar-refractivity contribution in [1.29, 1.82) is 0 Å². The molecule has 0 aliphatic carbocycles. The number of methoxy groups -OCH3 is 1. The number of ether oxygens (including phenoxy) is 1. The monoisotopic (exact) mass is 478 g/mol. The Kier molecular flexibility index (Phi) is 7.38. The first-order valence-corrected chi connectivity index (χ1v) is 12.5. The number of carbonyl (C=O) groups excluding carboxylic acids is 1. The zero-order valence-electron chi connectivity index (χ0n) is 20.2. The SMILES string of the molecule is COCCCN1C(=O)NC(c2ccc(C)c(C)c2)C(c2nc(-c3ccc(SC)cc3)no2)=C1C. The summed E-state index contributed by atoms with van der Waals surface area (Å²) < 4.78 is 11.0. The van der Waals surface area contributed by atoms with Crippen molar-refractivity contribution in [3.63, 3.8) is 0 Å². The molecule has 1 N–H and O–H groups in total. The van der Waals surface area contributed by atoms with Gasteiger partial charge in [0.2, 0.25) is 5.82 Å². The molecule has 1 aliphatic heterocycles. The van der Waals surface area contributed by atoms with Gasteiger partial charge in [0.25, 0.3) is 5.89 Å². The Balaban J connectivity index is 1.76. The molecule has 34 heavy (non-hydrogen) atoms. The van der Waals surface area contributed by atoms with Gasteiger partial charge in [-0.05, 0) is 74.4 Å². The van der Waals surface area contributed by atoms with E-state index < -0.39 is 6.04 Å². The van der Waals surface area contributed by atoms with Gasteiger partial charge < -0.3 is 14.6 Å². The van der Waals surface area contributed by atoms with Crippen LogP contribution in [-0.4, -0.2) is 47.6 Å². The maximum atomic E-state index is 13.1. The smallest absolute Gasteiger partial charge is 0.322 e. The molecule has 0 bridgehead atoms. The van der Waals surface area contributed by atoms with Gasteiger partial charge in [0.05, 0.1) is 11.6 Å². The zero-order chi connectivity index (χ0) is 24.2. The standard InChI is InChI=1S/C26H30N4O3S/c1-16-7-8-20(15-17(16)2)23-22(18(3)30(26(31)27-23)13-6-14-32-4)25-28-24(29-33-25)19-9-11-21(34-5)12-10-19/h7-12,15,23H,6,13-14H2,1-5H3,(H,27,31). The quantitative estimate of drug-likeness (QED) is 0.335. The molecule has 3 aromatic rings. The number of benzene rings is 2. The Morgan fingerprint density at radius 3 is 2.56 bits per heavy atom. The third kappa shape index (κ3) is 4.88. The molecule has 7 nitrogen and oxygen atoms in total. The van der Waals surface area contributed by atoms with E-state index >= 15 is 0 Å². The maximum absolute atomic E-state index is 13.1. The molecule has 8 heteroatoms. The lowest BCUT2D eigenvalue weighted by Crippen LogP contribution is -2.46. The highest BCUT2D eigenvalue weighted by atomic mass is 32.2. The highest BCUT2D eigenvalue weighted by Crippen LogP contribution is 2.38. The van der Waals surface area contributed by atoms with Gasteiger partial charge in [0, 0.05) is 36.4 Å². The molecule has 178 valence electrons. The van der Waals surface area contributed by atoms with E-state index in [1.165, 1.54) is 10.5 Å². The van der Waals surface area contributed by atoms with Crippen molar-refractivity contribution in [2.45, 2.75) is 38.1 Å². The van der Waals surface area contributed by atoms with Crippen molar-refractivity contribution in [2.75, 3.05) is 26.5 Å². The molecule has 0 saturated heterocycles. The predicted octanol–water partition coefficient (Wildman–Crippen LogP) is 5.61. The van der Waals surface area contributed by atoms with Gasteiger partial charge in [-0.2, -0.15) is 4.98 Å². The minimum Gasteiger partial charge on any atom is -0.385 e. The number of carbonyl (C=O) groups is 1. The van der Waals surface area contributed by atoms with Crippen LogP contribution in [0.25, 0.3) is 17.0 Å². The molecule has 1 aliphatic rings. The van der Waals surface area contributed by atoms with Crippen LogP contribution in [0.2, 0.25) is 0 Å². The Hall–Kier alpha value is -3.10. The number of hydrogen-bond acceptors (Lipinski definition) is 6. The first kappa shape index (κ1) is 24.0. The molecule has 2 amide bonds. The topological polar surface area (TPSA) is 80.5 Å². The summed E-state index contributed by atoms with van der Waals surface area (Å²) in [4.78, 5) is 20.7. The number of thioether (sulfide) groups is 1. The van der Waals surface area contributed by atoms with E-state index in [4.69, 9.17) is 14.2 Å². The summed E-state index contributed by atoms with van der Waals surface area (Å²) in [6.45, 7) is 7.19. The number of nitrogens with one attached hydrogen (secondary N) is 1. The second-order valence-electron chi connectivity index (χ2n) is 8.37. The van der Waals surface area contributed by atoms with Crippen LogP contribution in [0.15, 0.2) is 57.6 Å². The first-order valence-electron chi connectivity index (χ1n) is 11.3. The van der Waals surface area contributed by atoms with Crippen LogP contribution in [0.5, 0.6) is 0 Å². The summed E-state index contributed by atoms with van der Waals surface area (Å²) in [6, 6.07) is 13.7. The Bertz CT molecular complexity index is 1200. The minimum atomic E-state index is -0.391. The summed E-state index contributed by atoms with van der Waals surface area (Å²) >= 11 is 1.68. The number of aryl methyl sites for hydroxylation is 2. The van der Waals surface area contributed by atoms with Crippen molar-refractivity contribution < 1.29 is 14.1 Å². The molecule has 1 aromatic heterocycles. The highest BCUT2D eigenvalue weighted by molar-refractivity contribution is 7.98. The third-order valence-corrected chi connectivity index (χ3v) is 6.94. The molecule has 2 aromatic carbocycles. The number of urea groups is 1. The summed E-state index contributed by atoms with van der Waals surface area (Å²) in [5.41, 5.74) is 5.82. The number of aromatic nitrogens is 2. The van der Waals surface area contributed by atoms with Crippen LogP contribution >= 0.6 is 11.8 Å². The van der Waals surface area contributed by atoms with E-state index in [1.807, 2.05) is 43.5 Å². The van der Waals surface area contributed by atoms with Crippen LogP contribution in [0.1, 0.15) is 42.0 Å². The summed E-state index contributed by atoms with van der Waals surface area (Å²) in [7, 11) is 1.66. The molecule has 0 saturated carbocycles. The summed E-state index contributed by atoms with van der Waals surface area (Å²) in [5.74, 6) is 0.922. The van der Waals surface area contributed by atoms with Gasteiger partial charge in [-0.1, -0.05) is 23.4 Å². The molecule has 0 spiro atoms. The first-order chi connectivity index (χ1) is 16.4. The van der Waals surface area contributed by atoms with Crippen molar-refractivity contribution in [3.05, 3.63) is 70.7 Å². The predicted molar refractivity (Wildman–Crippen MR) is 134 cm³/mol.